The van der Waals surface area contributed by atoms with Gasteiger partial charge in [0.1, 0.15) is 0 Å². The summed E-state index contributed by atoms with van der Waals surface area (Å²) < 4.78 is 31.7. The number of nitrogens with zero attached hydrogens (tertiary/aromatic N) is 1. The van der Waals surface area contributed by atoms with Gasteiger partial charge in [-0.1, -0.05) is 20.3 Å². The molecule has 0 radical (unpaired) electrons. The molecule has 0 aromatic heterocycles. The predicted molar refractivity (Wildman–Crippen MR) is 82.3 cm³/mol. The van der Waals surface area contributed by atoms with Gasteiger partial charge in [-0.25, -0.2) is 8.42 Å². The molecule has 0 aliphatic carbocycles. The molecule has 0 aromatic carbocycles. The van der Waals surface area contributed by atoms with Crippen LogP contribution < -0.4 is 5.32 Å². The highest BCUT2D eigenvalue weighted by Gasteiger charge is 2.31. The van der Waals surface area contributed by atoms with Gasteiger partial charge in [0.05, 0.1) is 12.4 Å². The van der Waals surface area contributed by atoms with Crippen LogP contribution in [0.2, 0.25) is 0 Å². The molecule has 6 heteroatoms. The summed E-state index contributed by atoms with van der Waals surface area (Å²) in [5.41, 5.74) is 0. The van der Waals surface area contributed by atoms with Crippen molar-refractivity contribution in [2.24, 2.45) is 5.92 Å². The zero-order valence-electron chi connectivity index (χ0n) is 13.1. The van der Waals surface area contributed by atoms with Gasteiger partial charge in [0.25, 0.3) is 0 Å². The van der Waals surface area contributed by atoms with E-state index in [-0.39, 0.29) is 11.8 Å². The molecule has 0 amide bonds. The number of nitrogens with one attached hydrogen (secondary N) is 1. The van der Waals surface area contributed by atoms with Gasteiger partial charge in [0.15, 0.2) is 0 Å². The molecule has 1 fully saturated rings. The second-order valence-corrected chi connectivity index (χ2v) is 8.00. The molecule has 1 rings (SSSR count). The van der Waals surface area contributed by atoms with Crippen LogP contribution in [0, 0.1) is 5.92 Å². The maximum absolute atomic E-state index is 12.5. The standard InChI is InChI=1S/C14H30N2O3S/c1-13(2)7-11-20(17,18)16-9-5-4-6-14(16)12-15-8-10-19-3/h13-15H,4-12H2,1-3H3. The summed E-state index contributed by atoms with van der Waals surface area (Å²) in [6, 6.07) is 0.109. The molecule has 1 aliphatic rings. The van der Waals surface area contributed by atoms with Crippen molar-refractivity contribution in [2.75, 3.05) is 39.1 Å². The lowest BCUT2D eigenvalue weighted by molar-refractivity contribution is 0.191. The number of rotatable bonds is 9. The minimum Gasteiger partial charge on any atom is -0.383 e. The number of hydrogen-bond donors (Lipinski definition) is 1. The molecule has 120 valence electrons. The van der Waals surface area contributed by atoms with Gasteiger partial charge in [0, 0.05) is 32.8 Å². The zero-order valence-corrected chi connectivity index (χ0v) is 13.9. The summed E-state index contributed by atoms with van der Waals surface area (Å²) in [5.74, 6) is 0.701. The Kier molecular flexibility index (Phi) is 8.02. The molecule has 1 heterocycles. The second-order valence-electron chi connectivity index (χ2n) is 5.96. The Labute approximate surface area is 124 Å². The highest BCUT2D eigenvalue weighted by Crippen LogP contribution is 2.21. The summed E-state index contributed by atoms with van der Waals surface area (Å²) in [6.45, 7) is 6.96. The van der Waals surface area contributed by atoms with Gasteiger partial charge in [-0.15, -0.1) is 0 Å². The molecule has 0 saturated carbocycles. The molecule has 5 nitrogen and oxygen atoms in total. The van der Waals surface area contributed by atoms with E-state index in [1.807, 2.05) is 0 Å². The summed E-state index contributed by atoms with van der Waals surface area (Å²) in [6.07, 6.45) is 3.80. The molecule has 0 spiro atoms. The Bertz CT molecular complexity index is 357. The Morgan fingerprint density at radius 2 is 2.10 bits per heavy atom. The highest BCUT2D eigenvalue weighted by atomic mass is 32.2. The van der Waals surface area contributed by atoms with E-state index in [1.54, 1.807) is 11.4 Å². The molecule has 1 N–H and O–H groups in total. The summed E-state index contributed by atoms with van der Waals surface area (Å²) >= 11 is 0. The van der Waals surface area contributed by atoms with Crippen molar-refractivity contribution in [2.45, 2.75) is 45.6 Å². The second kappa shape index (κ2) is 8.97. The summed E-state index contributed by atoms with van der Waals surface area (Å²) in [7, 11) is -1.44. The first kappa shape index (κ1) is 17.9. The first-order valence-electron chi connectivity index (χ1n) is 7.66. The van der Waals surface area contributed by atoms with Gasteiger partial charge >= 0.3 is 0 Å². The summed E-state index contributed by atoms with van der Waals surface area (Å²) in [5, 5.41) is 3.29. The first-order valence-corrected chi connectivity index (χ1v) is 9.27. The lowest BCUT2D eigenvalue weighted by atomic mass is 10.1. The van der Waals surface area contributed by atoms with Crippen LogP contribution in [0.15, 0.2) is 0 Å². The Morgan fingerprint density at radius 3 is 2.75 bits per heavy atom. The van der Waals surface area contributed by atoms with Crippen molar-refractivity contribution in [1.29, 1.82) is 0 Å². The molecule has 0 aromatic rings. The fraction of sp³-hybridized carbons (Fsp3) is 1.00. The topological polar surface area (TPSA) is 58.6 Å². The van der Waals surface area contributed by atoms with E-state index in [2.05, 4.69) is 19.2 Å². The molecular weight excluding hydrogens is 276 g/mol. The van der Waals surface area contributed by atoms with E-state index in [4.69, 9.17) is 4.74 Å². The van der Waals surface area contributed by atoms with E-state index in [1.165, 1.54) is 0 Å². The van der Waals surface area contributed by atoms with Crippen LogP contribution >= 0.6 is 0 Å². The average Bonchev–Trinajstić information content (AvgIpc) is 2.42. The summed E-state index contributed by atoms with van der Waals surface area (Å²) in [4.78, 5) is 0. The van der Waals surface area contributed by atoms with Gasteiger partial charge in [0.2, 0.25) is 10.0 Å². The third-order valence-electron chi connectivity index (χ3n) is 3.75. The van der Waals surface area contributed by atoms with Crippen molar-refractivity contribution in [3.8, 4) is 0 Å². The number of methoxy groups -OCH3 is 1. The minimum absolute atomic E-state index is 0.109. The van der Waals surface area contributed by atoms with Gasteiger partial charge in [-0.05, 0) is 25.2 Å². The molecule has 0 bridgehead atoms. The number of hydrogen-bond acceptors (Lipinski definition) is 4. The number of piperidine rings is 1. The van der Waals surface area contributed by atoms with E-state index >= 15 is 0 Å². The normalized spacial score (nSPS) is 21.5. The molecular formula is C14H30N2O3S. The van der Waals surface area contributed by atoms with Crippen LogP contribution in [0.3, 0.4) is 0 Å². The SMILES string of the molecule is COCCNCC1CCCCN1S(=O)(=O)CCC(C)C. The Hall–Kier alpha value is -0.170. The van der Waals surface area contributed by atoms with E-state index in [0.717, 1.165) is 38.8 Å². The number of sulfonamides is 1. The quantitative estimate of drug-likeness (QED) is 0.655. The third kappa shape index (κ3) is 6.08. The molecule has 20 heavy (non-hydrogen) atoms. The molecule has 1 aliphatic heterocycles. The lowest BCUT2D eigenvalue weighted by Gasteiger charge is -2.35. The molecule has 1 saturated heterocycles. The van der Waals surface area contributed by atoms with Crippen molar-refractivity contribution >= 4 is 10.0 Å². The van der Waals surface area contributed by atoms with Crippen LogP contribution in [-0.4, -0.2) is 57.9 Å². The minimum atomic E-state index is -3.11. The van der Waals surface area contributed by atoms with Crippen molar-refractivity contribution < 1.29 is 13.2 Å². The fourth-order valence-corrected chi connectivity index (χ4v) is 4.53. The average molecular weight is 306 g/mol. The predicted octanol–water partition coefficient (Wildman–Crippen LogP) is 1.45. The highest BCUT2D eigenvalue weighted by molar-refractivity contribution is 7.89. The zero-order chi connectivity index (χ0) is 15.0. The van der Waals surface area contributed by atoms with Crippen LogP contribution in [0.25, 0.3) is 0 Å². The van der Waals surface area contributed by atoms with Crippen LogP contribution in [0.1, 0.15) is 39.5 Å². The third-order valence-corrected chi connectivity index (χ3v) is 5.69. The largest absolute Gasteiger partial charge is 0.383 e. The fourth-order valence-electron chi connectivity index (χ4n) is 2.49. The van der Waals surface area contributed by atoms with Crippen molar-refractivity contribution in [3.05, 3.63) is 0 Å². The smallest absolute Gasteiger partial charge is 0.214 e. The molecule has 1 atom stereocenters. The van der Waals surface area contributed by atoms with E-state index in [0.29, 0.717) is 19.1 Å². The first-order chi connectivity index (χ1) is 9.47. The van der Waals surface area contributed by atoms with Gasteiger partial charge in [-0.3, -0.25) is 0 Å². The monoisotopic (exact) mass is 306 g/mol. The Balaban J connectivity index is 2.53. The van der Waals surface area contributed by atoms with Gasteiger partial charge < -0.3 is 10.1 Å². The van der Waals surface area contributed by atoms with Crippen LogP contribution in [0.5, 0.6) is 0 Å². The van der Waals surface area contributed by atoms with E-state index in [9.17, 15) is 8.42 Å². The van der Waals surface area contributed by atoms with Crippen molar-refractivity contribution in [1.82, 2.24) is 9.62 Å². The van der Waals surface area contributed by atoms with E-state index < -0.39 is 10.0 Å². The lowest BCUT2D eigenvalue weighted by Crippen LogP contribution is -2.49. The maximum atomic E-state index is 12.5. The molecule has 1 unspecified atom stereocenters. The Morgan fingerprint density at radius 1 is 1.35 bits per heavy atom. The van der Waals surface area contributed by atoms with Crippen LogP contribution in [-0.2, 0) is 14.8 Å². The number of ether oxygens (including phenoxy) is 1. The van der Waals surface area contributed by atoms with Crippen LogP contribution in [0.4, 0.5) is 0 Å². The van der Waals surface area contributed by atoms with Crippen molar-refractivity contribution in [3.63, 3.8) is 0 Å². The maximum Gasteiger partial charge on any atom is 0.214 e. The van der Waals surface area contributed by atoms with Gasteiger partial charge in [-0.2, -0.15) is 4.31 Å².